The number of aliphatic hydroxyl groups is 2. The second-order valence-electron chi connectivity index (χ2n) is 11.9. The van der Waals surface area contributed by atoms with Crippen molar-refractivity contribution in [3.63, 3.8) is 0 Å². The van der Waals surface area contributed by atoms with Gasteiger partial charge in [-0.2, -0.15) is 0 Å². The van der Waals surface area contributed by atoms with E-state index in [0.717, 1.165) is 6.92 Å². The van der Waals surface area contributed by atoms with Gasteiger partial charge in [0.1, 0.15) is 30.2 Å². The van der Waals surface area contributed by atoms with Crippen molar-refractivity contribution in [3.8, 4) is 0 Å². The number of nitrogens with one attached hydrogen (secondary N) is 6. The third kappa shape index (κ3) is 18.6. The van der Waals surface area contributed by atoms with Crippen LogP contribution in [0.1, 0.15) is 58.8 Å². The average Bonchev–Trinajstić information content (AvgIpc) is 3.05. The van der Waals surface area contributed by atoms with Gasteiger partial charge in [0.15, 0.2) is 6.04 Å². The highest BCUT2D eigenvalue weighted by Crippen LogP contribution is 2.06. The zero-order chi connectivity index (χ0) is 41.0. The normalized spacial score (nSPS) is 15.4. The number of hydrogen-bond acceptors (Lipinski definition) is 14. The van der Waals surface area contributed by atoms with Crippen LogP contribution in [0.25, 0.3) is 0 Å². The Morgan fingerprint density at radius 3 is 1.57 bits per heavy atom. The Morgan fingerprint density at radius 2 is 1.09 bits per heavy atom. The van der Waals surface area contributed by atoms with E-state index in [4.69, 9.17) is 22.9 Å². The fourth-order valence-electron chi connectivity index (χ4n) is 4.32. The first-order valence-corrected chi connectivity index (χ1v) is 16.2. The van der Waals surface area contributed by atoms with Crippen molar-refractivity contribution in [3.05, 3.63) is 0 Å². The second-order valence-corrected chi connectivity index (χ2v) is 11.9. The summed E-state index contributed by atoms with van der Waals surface area (Å²) < 4.78 is 0. The molecule has 0 spiro atoms. The first kappa shape index (κ1) is 47.5. The molecule has 0 aromatic heterocycles. The molecule has 0 aliphatic heterocycles. The Labute approximate surface area is 302 Å². The summed E-state index contributed by atoms with van der Waals surface area (Å²) in [4.78, 5) is 123. The number of carbonyl (C=O) groups is 10. The number of unbranched alkanes of at least 4 members (excludes halogenated alkanes) is 1. The van der Waals surface area contributed by atoms with Crippen LogP contribution in [0.2, 0.25) is 0 Å². The van der Waals surface area contributed by atoms with Crippen molar-refractivity contribution >= 4 is 59.2 Å². The minimum Gasteiger partial charge on any atom is -0.481 e. The van der Waals surface area contributed by atoms with Gasteiger partial charge in [0.2, 0.25) is 47.3 Å². The lowest BCUT2D eigenvalue weighted by atomic mass is 10.0. The minimum atomic E-state index is -1.90. The number of nitrogens with two attached hydrogens (primary N) is 4. The maximum atomic E-state index is 13.3. The van der Waals surface area contributed by atoms with Crippen LogP contribution in [0.15, 0.2) is 0 Å². The molecule has 0 aliphatic carbocycles. The van der Waals surface area contributed by atoms with Gasteiger partial charge in [0, 0.05) is 6.42 Å². The zero-order valence-corrected chi connectivity index (χ0v) is 29.2. The van der Waals surface area contributed by atoms with Crippen molar-refractivity contribution in [2.24, 2.45) is 22.9 Å². The number of aliphatic hydroxyl groups excluding tert-OH is 2. The number of aliphatic carboxylic acids is 2. The lowest BCUT2D eigenvalue weighted by Crippen LogP contribution is -2.61. The van der Waals surface area contributed by atoms with Gasteiger partial charge in [-0.15, -0.1) is 0 Å². The molecule has 0 aromatic rings. The topological polar surface area (TPSA) is 428 Å². The number of rotatable bonds is 26. The van der Waals surface area contributed by atoms with Gasteiger partial charge in [-0.1, -0.05) is 0 Å². The zero-order valence-electron chi connectivity index (χ0n) is 29.2. The van der Waals surface area contributed by atoms with Crippen LogP contribution < -0.4 is 54.8 Å². The monoisotopic (exact) mass is 762 g/mol. The van der Waals surface area contributed by atoms with Gasteiger partial charge in [0.25, 0.3) is 0 Å². The quantitative estimate of drug-likeness (QED) is 0.0364. The lowest BCUT2D eigenvalue weighted by molar-refractivity contribution is -0.146. The smallest absolute Gasteiger partial charge is 0.328 e. The van der Waals surface area contributed by atoms with E-state index >= 15 is 0 Å². The second kappa shape index (κ2) is 23.9. The highest BCUT2D eigenvalue weighted by atomic mass is 16.4. The van der Waals surface area contributed by atoms with Crippen LogP contribution in [-0.2, 0) is 47.9 Å². The van der Waals surface area contributed by atoms with Crippen LogP contribution in [0.4, 0.5) is 0 Å². The van der Waals surface area contributed by atoms with Crippen LogP contribution >= 0.6 is 0 Å². The molecule has 0 unspecified atom stereocenters. The van der Waals surface area contributed by atoms with Crippen LogP contribution in [0.5, 0.6) is 0 Å². The fourth-order valence-corrected chi connectivity index (χ4v) is 4.32. The molecule has 0 radical (unpaired) electrons. The Kier molecular flexibility index (Phi) is 21.4. The van der Waals surface area contributed by atoms with Gasteiger partial charge in [-0.05, 0) is 46.1 Å². The van der Waals surface area contributed by atoms with Gasteiger partial charge in [0.05, 0.1) is 31.6 Å². The van der Waals surface area contributed by atoms with Crippen LogP contribution in [0, 0.1) is 0 Å². The molecule has 0 aromatic carbocycles. The summed E-state index contributed by atoms with van der Waals surface area (Å²) in [6.07, 6.45) is -3.53. The van der Waals surface area contributed by atoms with E-state index in [-0.39, 0.29) is 32.2 Å². The Hall–Kier alpha value is -5.46. The molecule has 300 valence electrons. The molecule has 0 bridgehead atoms. The van der Waals surface area contributed by atoms with Crippen molar-refractivity contribution in [2.75, 3.05) is 13.2 Å². The molecule has 0 saturated heterocycles. The molecule has 18 N–H and O–H groups in total. The van der Waals surface area contributed by atoms with Gasteiger partial charge < -0.3 is 75.3 Å². The van der Waals surface area contributed by atoms with Crippen molar-refractivity contribution in [1.82, 2.24) is 31.9 Å². The first-order valence-electron chi connectivity index (χ1n) is 16.2. The molecule has 53 heavy (non-hydrogen) atoms. The standard InChI is InChI=1S/C29H50N10O14/c1-12(34-24(47)14(31)6-7-19(32)42)23(46)38-18(11-40)28(51)36-16(9-20(33)43)26(49)35-15(5-3-4-8-30)25(48)37-17(10-21(44)45)27(50)39-22(13(2)41)29(52)53/h12-18,22,40-41H,3-11,30-31H2,1-2H3,(H2,32,42)(H2,33,43)(H,34,47)(H,35,49)(H,36,51)(H,37,48)(H,38,46)(H,39,50)(H,44,45)(H,52,53)/t12-,13+,14-,15-,16-,17-,18-,22-/m0/s1. The molecule has 8 atom stereocenters. The summed E-state index contributed by atoms with van der Waals surface area (Å²) in [5, 5.41) is 50.8. The highest BCUT2D eigenvalue weighted by molar-refractivity contribution is 5.98. The van der Waals surface area contributed by atoms with Crippen molar-refractivity contribution in [2.45, 2.75) is 107 Å². The summed E-state index contributed by atoms with van der Waals surface area (Å²) in [5.74, 6) is -11.8. The molecule has 0 saturated carbocycles. The number of carbonyl (C=O) groups excluding carboxylic acids is 8. The van der Waals surface area contributed by atoms with Gasteiger partial charge >= 0.3 is 11.9 Å². The van der Waals surface area contributed by atoms with Crippen LogP contribution in [0.3, 0.4) is 0 Å². The predicted octanol–water partition coefficient (Wildman–Crippen LogP) is -7.56. The van der Waals surface area contributed by atoms with E-state index in [1.807, 2.05) is 5.32 Å². The summed E-state index contributed by atoms with van der Waals surface area (Å²) in [6, 6.07) is -11.5. The summed E-state index contributed by atoms with van der Waals surface area (Å²) in [7, 11) is 0. The molecular weight excluding hydrogens is 712 g/mol. The molecule has 0 fully saturated rings. The molecule has 24 heteroatoms. The summed E-state index contributed by atoms with van der Waals surface area (Å²) in [6.45, 7) is 1.36. The molecule has 8 amide bonds. The van der Waals surface area contributed by atoms with E-state index in [2.05, 4.69) is 26.6 Å². The maximum Gasteiger partial charge on any atom is 0.328 e. The van der Waals surface area contributed by atoms with Crippen LogP contribution in [-0.4, -0.2) is 141 Å². The first-order chi connectivity index (χ1) is 24.6. The molecule has 0 heterocycles. The average molecular weight is 763 g/mol. The van der Waals surface area contributed by atoms with E-state index in [1.165, 1.54) is 6.92 Å². The van der Waals surface area contributed by atoms with Gasteiger partial charge in [-0.25, -0.2) is 4.79 Å². The van der Waals surface area contributed by atoms with E-state index in [9.17, 15) is 68.4 Å². The molecular formula is C29H50N10O14. The number of carboxylic acids is 2. The fraction of sp³-hybridized carbons (Fsp3) is 0.655. The SMILES string of the molecule is C[C@H](NC(=O)[C@@H](N)CCC(N)=O)C(=O)N[C@@H](CO)C(=O)N[C@@H](CC(N)=O)C(=O)N[C@@H](CCCCN)C(=O)N[C@@H](CC(=O)O)C(=O)N[C@H](C(=O)O)[C@@H](C)O. The van der Waals surface area contributed by atoms with E-state index in [0.29, 0.717) is 6.42 Å². The van der Waals surface area contributed by atoms with Crippen molar-refractivity contribution < 1.29 is 68.4 Å². The predicted molar refractivity (Wildman–Crippen MR) is 179 cm³/mol. The number of amides is 8. The third-order valence-electron chi connectivity index (χ3n) is 7.28. The summed E-state index contributed by atoms with van der Waals surface area (Å²) in [5.41, 5.74) is 21.4. The molecule has 0 rings (SSSR count). The van der Waals surface area contributed by atoms with E-state index < -0.39 is 127 Å². The number of carboxylic acid groups (broad SMARTS) is 2. The Balaban J connectivity index is 5.99. The Bertz CT molecular complexity index is 1350. The number of primary amides is 2. The largest absolute Gasteiger partial charge is 0.481 e. The maximum absolute atomic E-state index is 13.3. The summed E-state index contributed by atoms with van der Waals surface area (Å²) >= 11 is 0. The minimum absolute atomic E-state index is 0.120. The molecule has 24 nitrogen and oxygen atoms in total. The lowest BCUT2D eigenvalue weighted by Gasteiger charge is -2.26. The van der Waals surface area contributed by atoms with Crippen molar-refractivity contribution in [1.29, 1.82) is 0 Å². The Morgan fingerprint density at radius 1 is 0.604 bits per heavy atom. The third-order valence-corrected chi connectivity index (χ3v) is 7.28. The highest BCUT2D eigenvalue weighted by Gasteiger charge is 2.35. The van der Waals surface area contributed by atoms with Gasteiger partial charge in [-0.3, -0.25) is 43.2 Å². The number of hydrogen-bond donors (Lipinski definition) is 14. The molecule has 0 aliphatic rings. The van der Waals surface area contributed by atoms with E-state index in [1.54, 1.807) is 0 Å².